The van der Waals surface area contributed by atoms with Gasteiger partial charge in [-0.15, -0.1) is 0 Å². The molecule has 0 bridgehead atoms. The van der Waals surface area contributed by atoms with Crippen LogP contribution in [0.25, 0.3) is 0 Å². The molecule has 1 aliphatic heterocycles. The predicted octanol–water partition coefficient (Wildman–Crippen LogP) is 4.80. The molecule has 2 aliphatic rings. The number of hydrogen-bond acceptors (Lipinski definition) is 3. The molecule has 3 amide bonds. The summed E-state index contributed by atoms with van der Waals surface area (Å²) in [5.41, 5.74) is 0.00131. The SMILES string of the molecule is CC1=CC[C@@H]2C(=O)N(c3cccc(C(=O)Nc4ccccc4C(F)(F)F)c3)C(=O)[C@H]2C1. The Labute approximate surface area is 176 Å². The van der Waals surface area contributed by atoms with Crippen LogP contribution < -0.4 is 10.2 Å². The molecule has 0 aromatic heterocycles. The smallest absolute Gasteiger partial charge is 0.321 e. The molecule has 1 aliphatic carbocycles. The maximum atomic E-state index is 13.2. The summed E-state index contributed by atoms with van der Waals surface area (Å²) < 4.78 is 39.6. The van der Waals surface area contributed by atoms with Crippen molar-refractivity contribution in [2.24, 2.45) is 11.8 Å². The van der Waals surface area contributed by atoms with Gasteiger partial charge < -0.3 is 5.32 Å². The van der Waals surface area contributed by atoms with Crippen LogP contribution in [0.15, 0.2) is 60.2 Å². The van der Waals surface area contributed by atoms with Crippen molar-refractivity contribution < 1.29 is 27.6 Å². The van der Waals surface area contributed by atoms with Crippen molar-refractivity contribution in [1.29, 1.82) is 0 Å². The Hall–Kier alpha value is -3.42. The number of anilines is 2. The Morgan fingerprint density at radius 2 is 1.74 bits per heavy atom. The molecule has 1 saturated heterocycles. The van der Waals surface area contributed by atoms with E-state index in [1.165, 1.54) is 36.4 Å². The Morgan fingerprint density at radius 3 is 2.48 bits per heavy atom. The first kappa shape index (κ1) is 20.8. The molecule has 0 radical (unpaired) electrons. The van der Waals surface area contributed by atoms with Crippen molar-refractivity contribution in [2.45, 2.75) is 25.9 Å². The fraction of sp³-hybridized carbons (Fsp3) is 0.261. The first-order valence-electron chi connectivity index (χ1n) is 9.78. The second kappa shape index (κ2) is 7.68. The van der Waals surface area contributed by atoms with Gasteiger partial charge in [-0.1, -0.05) is 29.8 Å². The van der Waals surface area contributed by atoms with Crippen LogP contribution in [-0.4, -0.2) is 17.7 Å². The van der Waals surface area contributed by atoms with Gasteiger partial charge in [-0.3, -0.25) is 19.3 Å². The van der Waals surface area contributed by atoms with Crippen LogP contribution in [0.3, 0.4) is 0 Å². The number of para-hydroxylation sites is 1. The van der Waals surface area contributed by atoms with Crippen molar-refractivity contribution >= 4 is 29.1 Å². The van der Waals surface area contributed by atoms with Crippen LogP contribution in [0.1, 0.15) is 35.7 Å². The van der Waals surface area contributed by atoms with Crippen LogP contribution in [0.2, 0.25) is 0 Å². The summed E-state index contributed by atoms with van der Waals surface area (Å²) in [5.74, 6) is -2.25. The molecule has 0 saturated carbocycles. The number of amides is 3. The third kappa shape index (κ3) is 3.85. The second-order valence-corrected chi connectivity index (χ2v) is 7.76. The zero-order valence-electron chi connectivity index (χ0n) is 16.6. The molecule has 0 spiro atoms. The predicted molar refractivity (Wildman–Crippen MR) is 108 cm³/mol. The second-order valence-electron chi connectivity index (χ2n) is 7.76. The Balaban J connectivity index is 1.59. The molecule has 2 aromatic rings. The van der Waals surface area contributed by atoms with Crippen LogP contribution >= 0.6 is 0 Å². The quantitative estimate of drug-likeness (QED) is 0.564. The Bertz CT molecular complexity index is 1110. The third-order valence-electron chi connectivity index (χ3n) is 5.67. The van der Waals surface area contributed by atoms with Gasteiger partial charge in [-0.05, 0) is 50.1 Å². The molecule has 2 atom stereocenters. The molecule has 1 fully saturated rings. The number of carbonyl (C=O) groups excluding carboxylic acids is 3. The van der Waals surface area contributed by atoms with Gasteiger partial charge in [-0.25, -0.2) is 0 Å². The lowest BCUT2D eigenvalue weighted by Gasteiger charge is -2.18. The van der Waals surface area contributed by atoms with Gasteiger partial charge in [0.25, 0.3) is 5.91 Å². The summed E-state index contributed by atoms with van der Waals surface area (Å²) in [5, 5.41) is 2.27. The lowest BCUT2D eigenvalue weighted by atomic mass is 9.82. The third-order valence-corrected chi connectivity index (χ3v) is 5.67. The van der Waals surface area contributed by atoms with E-state index >= 15 is 0 Å². The molecule has 5 nitrogen and oxygen atoms in total. The standard InChI is InChI=1S/C23H19F3N2O3/c1-13-9-10-16-17(11-13)22(31)28(21(16)30)15-6-4-5-14(12-15)20(29)27-19-8-3-2-7-18(19)23(24,25)26/h2-9,12,16-17H,10-11H2,1H3,(H,27,29)/t16-,17-/m0/s1. The number of halogens is 3. The van der Waals surface area contributed by atoms with Crippen molar-refractivity contribution in [1.82, 2.24) is 0 Å². The first-order valence-corrected chi connectivity index (χ1v) is 9.78. The maximum Gasteiger partial charge on any atom is 0.418 e. The Kier molecular flexibility index (Phi) is 5.16. The van der Waals surface area contributed by atoms with Gasteiger partial charge in [0, 0.05) is 5.56 Å². The maximum absolute atomic E-state index is 13.2. The van der Waals surface area contributed by atoms with E-state index in [0.29, 0.717) is 12.8 Å². The minimum absolute atomic E-state index is 0.0410. The summed E-state index contributed by atoms with van der Waals surface area (Å²) >= 11 is 0. The minimum atomic E-state index is -4.62. The van der Waals surface area contributed by atoms with Crippen LogP contribution in [0.4, 0.5) is 24.5 Å². The lowest BCUT2D eigenvalue weighted by Crippen LogP contribution is -2.31. The molecule has 4 rings (SSSR count). The van der Waals surface area contributed by atoms with E-state index in [9.17, 15) is 27.6 Å². The molecule has 8 heteroatoms. The fourth-order valence-electron chi connectivity index (χ4n) is 4.11. The largest absolute Gasteiger partial charge is 0.418 e. The normalized spacial score (nSPS) is 21.0. The first-order chi connectivity index (χ1) is 14.7. The van der Waals surface area contributed by atoms with E-state index in [0.717, 1.165) is 22.6 Å². The van der Waals surface area contributed by atoms with E-state index < -0.39 is 29.5 Å². The van der Waals surface area contributed by atoms with Gasteiger partial charge in [0.15, 0.2) is 0 Å². The molecule has 31 heavy (non-hydrogen) atoms. The van der Waals surface area contributed by atoms with Gasteiger partial charge in [0.05, 0.1) is 28.8 Å². The summed E-state index contributed by atoms with van der Waals surface area (Å²) in [6, 6.07) is 10.5. The topological polar surface area (TPSA) is 66.5 Å². The summed E-state index contributed by atoms with van der Waals surface area (Å²) in [4.78, 5) is 39.4. The zero-order valence-corrected chi connectivity index (χ0v) is 16.6. The average molecular weight is 428 g/mol. The number of hydrogen-bond donors (Lipinski definition) is 1. The number of fused-ring (bicyclic) bond motifs is 1. The number of carbonyl (C=O) groups is 3. The molecule has 2 aromatic carbocycles. The summed E-state index contributed by atoms with van der Waals surface area (Å²) in [6.07, 6.45) is -1.66. The van der Waals surface area contributed by atoms with E-state index in [-0.39, 0.29) is 28.8 Å². The van der Waals surface area contributed by atoms with Crippen molar-refractivity contribution in [3.8, 4) is 0 Å². The molecular formula is C23H19F3N2O3. The summed E-state index contributed by atoms with van der Waals surface area (Å²) in [6.45, 7) is 1.92. The number of benzene rings is 2. The fourth-order valence-corrected chi connectivity index (χ4v) is 4.11. The lowest BCUT2D eigenvalue weighted by molar-refractivity contribution is -0.137. The summed E-state index contributed by atoms with van der Waals surface area (Å²) in [7, 11) is 0. The van der Waals surface area contributed by atoms with E-state index in [1.54, 1.807) is 0 Å². The van der Waals surface area contributed by atoms with Crippen LogP contribution in [0.5, 0.6) is 0 Å². The number of rotatable bonds is 3. The van der Waals surface area contributed by atoms with Crippen molar-refractivity contribution in [3.63, 3.8) is 0 Å². The van der Waals surface area contributed by atoms with E-state index in [2.05, 4.69) is 5.32 Å². The highest BCUT2D eigenvalue weighted by atomic mass is 19.4. The number of nitrogens with zero attached hydrogens (tertiary/aromatic N) is 1. The zero-order chi connectivity index (χ0) is 22.3. The molecule has 0 unspecified atom stereocenters. The highest BCUT2D eigenvalue weighted by Gasteiger charge is 2.48. The molecule has 1 heterocycles. The number of alkyl halides is 3. The van der Waals surface area contributed by atoms with Crippen LogP contribution in [-0.2, 0) is 15.8 Å². The van der Waals surface area contributed by atoms with Gasteiger partial charge >= 0.3 is 6.18 Å². The van der Waals surface area contributed by atoms with Crippen LogP contribution in [0, 0.1) is 11.8 Å². The average Bonchev–Trinajstić information content (AvgIpc) is 2.97. The van der Waals surface area contributed by atoms with Gasteiger partial charge in [-0.2, -0.15) is 13.2 Å². The van der Waals surface area contributed by atoms with Gasteiger partial charge in [0.2, 0.25) is 11.8 Å². The molecule has 1 N–H and O–H groups in total. The number of allylic oxidation sites excluding steroid dienone is 2. The monoisotopic (exact) mass is 428 g/mol. The van der Waals surface area contributed by atoms with E-state index in [1.807, 2.05) is 13.0 Å². The Morgan fingerprint density at radius 1 is 1.03 bits per heavy atom. The minimum Gasteiger partial charge on any atom is -0.321 e. The highest BCUT2D eigenvalue weighted by molar-refractivity contribution is 6.22. The highest BCUT2D eigenvalue weighted by Crippen LogP contribution is 2.40. The van der Waals surface area contributed by atoms with Gasteiger partial charge in [0.1, 0.15) is 0 Å². The molecular weight excluding hydrogens is 409 g/mol. The van der Waals surface area contributed by atoms with Crippen molar-refractivity contribution in [3.05, 3.63) is 71.3 Å². The van der Waals surface area contributed by atoms with Crippen molar-refractivity contribution in [2.75, 3.05) is 10.2 Å². The van der Waals surface area contributed by atoms with E-state index in [4.69, 9.17) is 0 Å². The number of imide groups is 1. The molecule has 160 valence electrons. The number of nitrogens with one attached hydrogen (secondary N) is 1.